The normalized spacial score (nSPS) is 18.9. The Labute approximate surface area is 143 Å². The molecular weight excluding hydrogens is 292 g/mol. The van der Waals surface area contributed by atoms with Crippen LogP contribution in [0.1, 0.15) is 52.4 Å². The van der Waals surface area contributed by atoms with Crippen LogP contribution in [0.3, 0.4) is 0 Å². The molecule has 1 rings (SSSR count). The first-order chi connectivity index (χ1) is 10.7. The Morgan fingerprint density at radius 3 is 2.41 bits per heavy atom. The van der Waals surface area contributed by atoms with E-state index in [-0.39, 0.29) is 0 Å². The minimum absolute atomic E-state index is 0.692. The summed E-state index contributed by atoms with van der Waals surface area (Å²) in [6.45, 7) is 10.4. The van der Waals surface area contributed by atoms with Crippen LogP contribution in [-0.4, -0.2) is 55.5 Å². The Balaban J connectivity index is 2.24. The predicted octanol–water partition coefficient (Wildman–Crippen LogP) is 4.71. The molecular formula is C19H35ClN2. The standard InChI is InChI=1S/C19H35ClN2/c1-4-5-6-7-10-19(16-20)11-8-9-18(2)17-22-14-12-21(3)13-15-22/h9-10H,4-8,11-17H2,1-3H3/b18-9+,19-10+. The molecule has 0 radical (unpaired) electrons. The lowest BCUT2D eigenvalue weighted by atomic mass is 10.1. The first kappa shape index (κ1) is 19.7. The molecule has 0 aromatic heterocycles. The average molecular weight is 327 g/mol. The van der Waals surface area contributed by atoms with Crippen LogP contribution in [0.2, 0.25) is 0 Å². The predicted molar refractivity (Wildman–Crippen MR) is 99.9 cm³/mol. The Morgan fingerprint density at radius 1 is 1.05 bits per heavy atom. The molecule has 0 aromatic carbocycles. The van der Waals surface area contributed by atoms with E-state index in [1.165, 1.54) is 63.0 Å². The second-order valence-corrected chi connectivity index (χ2v) is 6.93. The number of nitrogens with zero attached hydrogens (tertiary/aromatic N) is 2. The van der Waals surface area contributed by atoms with E-state index in [2.05, 4.69) is 42.8 Å². The maximum Gasteiger partial charge on any atom is 0.0433 e. The van der Waals surface area contributed by atoms with E-state index in [4.69, 9.17) is 11.6 Å². The number of rotatable bonds is 10. The molecule has 2 nitrogen and oxygen atoms in total. The van der Waals surface area contributed by atoms with Gasteiger partial charge in [0.1, 0.15) is 0 Å². The summed E-state index contributed by atoms with van der Waals surface area (Å²) in [5, 5.41) is 0. The largest absolute Gasteiger partial charge is 0.304 e. The molecule has 1 saturated heterocycles. The van der Waals surface area contributed by atoms with E-state index in [1.807, 2.05) is 0 Å². The van der Waals surface area contributed by atoms with Crippen molar-refractivity contribution < 1.29 is 0 Å². The highest BCUT2D eigenvalue weighted by atomic mass is 35.5. The zero-order valence-electron chi connectivity index (χ0n) is 14.9. The maximum atomic E-state index is 6.06. The smallest absolute Gasteiger partial charge is 0.0433 e. The third kappa shape index (κ3) is 8.97. The van der Waals surface area contributed by atoms with Gasteiger partial charge in [0.2, 0.25) is 0 Å². The van der Waals surface area contributed by atoms with Gasteiger partial charge < -0.3 is 4.90 Å². The third-order valence-corrected chi connectivity index (χ3v) is 4.78. The summed E-state index contributed by atoms with van der Waals surface area (Å²) in [6.07, 6.45) is 12.1. The minimum Gasteiger partial charge on any atom is -0.304 e. The molecule has 128 valence electrons. The Bertz CT molecular complexity index is 341. The van der Waals surface area contributed by atoms with Gasteiger partial charge >= 0.3 is 0 Å². The molecule has 0 spiro atoms. The van der Waals surface area contributed by atoms with E-state index in [0.29, 0.717) is 5.88 Å². The highest BCUT2D eigenvalue weighted by molar-refractivity contribution is 6.19. The van der Waals surface area contributed by atoms with Gasteiger partial charge in [-0.15, -0.1) is 11.6 Å². The number of hydrogen-bond acceptors (Lipinski definition) is 2. The van der Waals surface area contributed by atoms with E-state index in [9.17, 15) is 0 Å². The summed E-state index contributed by atoms with van der Waals surface area (Å²) in [5.41, 5.74) is 2.92. The maximum absolute atomic E-state index is 6.06. The molecule has 3 heteroatoms. The molecule has 1 aliphatic rings. The number of likely N-dealkylation sites (N-methyl/N-ethyl adjacent to an activating group) is 1. The van der Waals surface area contributed by atoms with Crippen molar-refractivity contribution in [3.63, 3.8) is 0 Å². The quantitative estimate of drug-likeness (QED) is 0.326. The van der Waals surface area contributed by atoms with Gasteiger partial charge in [-0.3, -0.25) is 4.90 Å². The van der Waals surface area contributed by atoms with Crippen LogP contribution in [0.15, 0.2) is 23.3 Å². The van der Waals surface area contributed by atoms with E-state index in [1.54, 1.807) is 0 Å². The van der Waals surface area contributed by atoms with Crippen molar-refractivity contribution in [1.29, 1.82) is 0 Å². The fourth-order valence-corrected chi connectivity index (χ4v) is 3.09. The van der Waals surface area contributed by atoms with Gasteiger partial charge in [0.05, 0.1) is 0 Å². The van der Waals surface area contributed by atoms with Gasteiger partial charge in [-0.05, 0) is 39.7 Å². The van der Waals surface area contributed by atoms with Gasteiger partial charge in [-0.2, -0.15) is 0 Å². The first-order valence-corrected chi connectivity index (χ1v) is 9.49. The fourth-order valence-electron chi connectivity index (χ4n) is 2.85. The molecule has 22 heavy (non-hydrogen) atoms. The number of halogens is 1. The van der Waals surface area contributed by atoms with E-state index >= 15 is 0 Å². The fraction of sp³-hybridized carbons (Fsp3) is 0.789. The number of hydrogen-bond donors (Lipinski definition) is 0. The molecule has 0 atom stereocenters. The van der Waals surface area contributed by atoms with Crippen LogP contribution < -0.4 is 0 Å². The van der Waals surface area contributed by atoms with Gasteiger partial charge in [0.15, 0.2) is 0 Å². The molecule has 0 unspecified atom stereocenters. The van der Waals surface area contributed by atoms with Crippen LogP contribution in [0.4, 0.5) is 0 Å². The van der Waals surface area contributed by atoms with Crippen molar-refractivity contribution in [2.75, 3.05) is 45.7 Å². The molecule has 0 amide bonds. The average Bonchev–Trinajstić information content (AvgIpc) is 2.52. The number of unbranched alkanes of at least 4 members (excludes halogenated alkanes) is 3. The van der Waals surface area contributed by atoms with E-state index in [0.717, 1.165) is 19.4 Å². The van der Waals surface area contributed by atoms with Gasteiger partial charge in [0, 0.05) is 38.6 Å². The third-order valence-electron chi connectivity index (χ3n) is 4.44. The summed E-state index contributed by atoms with van der Waals surface area (Å²) < 4.78 is 0. The molecule has 0 N–H and O–H groups in total. The minimum atomic E-state index is 0.692. The zero-order valence-corrected chi connectivity index (χ0v) is 15.7. The van der Waals surface area contributed by atoms with Crippen molar-refractivity contribution in [2.24, 2.45) is 0 Å². The molecule has 0 aromatic rings. The first-order valence-electron chi connectivity index (χ1n) is 8.96. The second kappa shape index (κ2) is 12.2. The highest BCUT2D eigenvalue weighted by Gasteiger charge is 2.13. The molecule has 1 heterocycles. The number of allylic oxidation sites excluding steroid dienone is 3. The summed E-state index contributed by atoms with van der Waals surface area (Å²) in [5.74, 6) is 0.692. The lowest BCUT2D eigenvalue weighted by Gasteiger charge is -2.32. The Hall–Kier alpha value is -0.310. The van der Waals surface area contributed by atoms with Gasteiger partial charge in [-0.1, -0.05) is 43.1 Å². The van der Waals surface area contributed by atoms with Crippen LogP contribution in [0.25, 0.3) is 0 Å². The van der Waals surface area contributed by atoms with Crippen LogP contribution in [-0.2, 0) is 0 Å². The molecule has 1 fully saturated rings. The summed E-state index contributed by atoms with van der Waals surface area (Å²) in [7, 11) is 2.21. The lowest BCUT2D eigenvalue weighted by molar-refractivity contribution is 0.164. The second-order valence-electron chi connectivity index (χ2n) is 6.66. The molecule has 0 bridgehead atoms. The topological polar surface area (TPSA) is 6.48 Å². The zero-order chi connectivity index (χ0) is 16.2. The van der Waals surface area contributed by atoms with Crippen LogP contribution in [0, 0.1) is 0 Å². The van der Waals surface area contributed by atoms with Crippen molar-refractivity contribution in [1.82, 2.24) is 9.80 Å². The van der Waals surface area contributed by atoms with Gasteiger partial charge in [-0.25, -0.2) is 0 Å². The van der Waals surface area contributed by atoms with Gasteiger partial charge in [0.25, 0.3) is 0 Å². The van der Waals surface area contributed by atoms with Crippen molar-refractivity contribution >= 4 is 11.6 Å². The monoisotopic (exact) mass is 326 g/mol. The van der Waals surface area contributed by atoms with Crippen molar-refractivity contribution in [3.8, 4) is 0 Å². The Morgan fingerprint density at radius 2 is 1.77 bits per heavy atom. The molecule has 1 aliphatic heterocycles. The number of alkyl halides is 1. The Kier molecular flexibility index (Phi) is 10.9. The summed E-state index contributed by atoms with van der Waals surface area (Å²) in [6, 6.07) is 0. The summed E-state index contributed by atoms with van der Waals surface area (Å²) in [4.78, 5) is 4.97. The number of piperazine rings is 1. The molecule has 0 aliphatic carbocycles. The van der Waals surface area contributed by atoms with Crippen LogP contribution >= 0.6 is 11.6 Å². The van der Waals surface area contributed by atoms with Crippen molar-refractivity contribution in [3.05, 3.63) is 23.3 Å². The molecule has 0 saturated carbocycles. The highest BCUT2D eigenvalue weighted by Crippen LogP contribution is 2.13. The lowest BCUT2D eigenvalue weighted by Crippen LogP contribution is -2.44. The van der Waals surface area contributed by atoms with Crippen LogP contribution in [0.5, 0.6) is 0 Å². The summed E-state index contributed by atoms with van der Waals surface area (Å²) >= 11 is 6.06. The van der Waals surface area contributed by atoms with Crippen molar-refractivity contribution in [2.45, 2.75) is 52.4 Å². The van der Waals surface area contributed by atoms with E-state index < -0.39 is 0 Å². The SMILES string of the molecule is CCCCC/C=C(/CCl)CC/C=C(\C)CN1CCN(C)CC1.